The number of carbonyl (C=O) groups excluding carboxylic acids is 1. The summed E-state index contributed by atoms with van der Waals surface area (Å²) >= 11 is 0. The maximum Gasteiger partial charge on any atom is 0.120 e. The molecule has 0 radical (unpaired) electrons. The fraction of sp³-hybridized carbons (Fsp3) is 0.571. The second-order valence-electron chi connectivity index (χ2n) is 2.30. The molecule has 1 rings (SSSR count). The van der Waals surface area contributed by atoms with Gasteiger partial charge in [0.15, 0.2) is 0 Å². The third kappa shape index (κ3) is 1.39. The summed E-state index contributed by atoms with van der Waals surface area (Å²) in [7, 11) is 0. The van der Waals surface area contributed by atoms with Gasteiger partial charge >= 0.3 is 0 Å². The van der Waals surface area contributed by atoms with Gasteiger partial charge in [-0.25, -0.2) is 0 Å². The Morgan fingerprint density at radius 2 is 2.56 bits per heavy atom. The zero-order chi connectivity index (χ0) is 6.69. The van der Waals surface area contributed by atoms with E-state index in [9.17, 15) is 4.79 Å². The van der Waals surface area contributed by atoms with E-state index in [0.29, 0.717) is 12.8 Å². The molecule has 2 nitrogen and oxygen atoms in total. The summed E-state index contributed by atoms with van der Waals surface area (Å²) < 4.78 is 0. The van der Waals surface area contributed by atoms with Gasteiger partial charge in [0, 0.05) is 12.3 Å². The molecule has 2 heteroatoms. The van der Waals surface area contributed by atoms with Crippen LogP contribution in [0.25, 0.3) is 0 Å². The van der Waals surface area contributed by atoms with E-state index < -0.39 is 0 Å². The van der Waals surface area contributed by atoms with Crippen LogP contribution in [0.5, 0.6) is 0 Å². The van der Waals surface area contributed by atoms with E-state index in [0.717, 1.165) is 6.29 Å². The van der Waals surface area contributed by atoms with Crippen molar-refractivity contribution in [1.82, 2.24) is 0 Å². The summed E-state index contributed by atoms with van der Waals surface area (Å²) in [5.41, 5.74) is 0. The second kappa shape index (κ2) is 2.78. The van der Waals surface area contributed by atoms with Crippen LogP contribution < -0.4 is 0 Å². The van der Waals surface area contributed by atoms with Crippen molar-refractivity contribution in [2.24, 2.45) is 5.92 Å². The Hall–Kier alpha value is -0.630. The molecule has 0 aromatic heterocycles. The predicted molar refractivity (Wildman–Crippen MR) is 33.9 cm³/mol. The molecule has 0 aromatic rings. The summed E-state index contributed by atoms with van der Waals surface area (Å²) in [5.74, 6) is 0.0856. The number of hydrogen-bond donors (Lipinski definition) is 1. The Bertz CT molecular complexity index is 129. The lowest BCUT2D eigenvalue weighted by Crippen LogP contribution is -2.13. The Balaban J connectivity index is 2.39. The minimum absolute atomic E-state index is 0.0856. The first-order valence-corrected chi connectivity index (χ1v) is 3.13. The fourth-order valence-electron chi connectivity index (χ4n) is 1.04. The molecule has 0 spiro atoms. The quantitative estimate of drug-likeness (QED) is 0.432. The van der Waals surface area contributed by atoms with Gasteiger partial charge in [-0.2, -0.15) is 0 Å². The summed E-state index contributed by atoms with van der Waals surface area (Å²) in [4.78, 5) is 9.96. The number of aliphatic hydroxyl groups is 1. The minimum atomic E-state index is -0.310. The highest BCUT2D eigenvalue weighted by molar-refractivity contribution is 5.50. The molecule has 0 amide bonds. The number of aliphatic hydroxyl groups excluding tert-OH is 1. The Kier molecular flexibility index (Phi) is 2.01. The minimum Gasteiger partial charge on any atom is -0.392 e. The predicted octanol–water partition coefficient (Wildman–Crippen LogP) is 0.512. The van der Waals surface area contributed by atoms with Gasteiger partial charge in [0.05, 0.1) is 6.10 Å². The standard InChI is InChI=1S/C7H10O2/c8-5-4-6-2-1-3-7(6)9/h1-2,5-7,9H,3-4H2/t6-,7-/m0/s1. The molecule has 1 aliphatic rings. The maximum atomic E-state index is 9.96. The molecule has 0 saturated heterocycles. The fourth-order valence-corrected chi connectivity index (χ4v) is 1.04. The van der Waals surface area contributed by atoms with Crippen LogP contribution in [0.3, 0.4) is 0 Å². The SMILES string of the molecule is O=CC[C@@H]1C=CC[C@@H]1O. The topological polar surface area (TPSA) is 37.3 Å². The summed E-state index contributed by atoms with van der Waals surface area (Å²) in [6.45, 7) is 0. The number of rotatable bonds is 2. The third-order valence-electron chi connectivity index (χ3n) is 1.62. The van der Waals surface area contributed by atoms with Gasteiger partial charge in [0.1, 0.15) is 6.29 Å². The van der Waals surface area contributed by atoms with E-state index in [1.807, 2.05) is 12.2 Å². The van der Waals surface area contributed by atoms with Gasteiger partial charge in [-0.1, -0.05) is 12.2 Å². The van der Waals surface area contributed by atoms with Crippen molar-refractivity contribution >= 4 is 6.29 Å². The molecule has 0 saturated carbocycles. The summed E-state index contributed by atoms with van der Waals surface area (Å²) in [6, 6.07) is 0. The van der Waals surface area contributed by atoms with Crippen LogP contribution in [-0.4, -0.2) is 17.5 Å². The number of aldehydes is 1. The van der Waals surface area contributed by atoms with Crippen LogP contribution >= 0.6 is 0 Å². The highest BCUT2D eigenvalue weighted by atomic mass is 16.3. The molecule has 0 unspecified atom stereocenters. The molecular formula is C7H10O2. The molecule has 0 heterocycles. The molecule has 50 valence electrons. The van der Waals surface area contributed by atoms with Crippen molar-refractivity contribution in [3.05, 3.63) is 12.2 Å². The first-order valence-electron chi connectivity index (χ1n) is 3.13. The van der Waals surface area contributed by atoms with Crippen LogP contribution in [-0.2, 0) is 4.79 Å². The Labute approximate surface area is 54.2 Å². The van der Waals surface area contributed by atoms with Gasteiger partial charge < -0.3 is 9.90 Å². The van der Waals surface area contributed by atoms with E-state index in [1.54, 1.807) is 0 Å². The number of hydrogen-bond acceptors (Lipinski definition) is 2. The van der Waals surface area contributed by atoms with Crippen LogP contribution in [0.1, 0.15) is 12.8 Å². The van der Waals surface area contributed by atoms with E-state index in [4.69, 9.17) is 5.11 Å². The van der Waals surface area contributed by atoms with Crippen molar-refractivity contribution < 1.29 is 9.90 Å². The summed E-state index contributed by atoms with van der Waals surface area (Å²) in [5, 5.41) is 9.10. The van der Waals surface area contributed by atoms with Gasteiger partial charge in [-0.3, -0.25) is 0 Å². The van der Waals surface area contributed by atoms with E-state index in [1.165, 1.54) is 0 Å². The lowest BCUT2D eigenvalue weighted by Gasteiger charge is -2.08. The first kappa shape index (κ1) is 6.49. The lowest BCUT2D eigenvalue weighted by atomic mass is 10.0. The van der Waals surface area contributed by atoms with Gasteiger partial charge in [0.25, 0.3) is 0 Å². The Morgan fingerprint density at radius 3 is 3.00 bits per heavy atom. The van der Waals surface area contributed by atoms with Crippen LogP contribution in [0.4, 0.5) is 0 Å². The molecule has 1 aliphatic carbocycles. The lowest BCUT2D eigenvalue weighted by molar-refractivity contribution is -0.108. The van der Waals surface area contributed by atoms with Crippen LogP contribution in [0.15, 0.2) is 12.2 Å². The molecule has 1 N–H and O–H groups in total. The van der Waals surface area contributed by atoms with Gasteiger partial charge in [-0.15, -0.1) is 0 Å². The van der Waals surface area contributed by atoms with Crippen LogP contribution in [0.2, 0.25) is 0 Å². The van der Waals surface area contributed by atoms with Crippen molar-refractivity contribution in [2.45, 2.75) is 18.9 Å². The van der Waals surface area contributed by atoms with Crippen molar-refractivity contribution in [3.63, 3.8) is 0 Å². The first-order chi connectivity index (χ1) is 4.34. The zero-order valence-corrected chi connectivity index (χ0v) is 5.16. The smallest absolute Gasteiger partial charge is 0.120 e. The summed E-state index contributed by atoms with van der Waals surface area (Å²) in [6.07, 6.45) is 5.52. The highest BCUT2D eigenvalue weighted by Crippen LogP contribution is 2.19. The molecule has 9 heavy (non-hydrogen) atoms. The van der Waals surface area contributed by atoms with Crippen molar-refractivity contribution in [3.8, 4) is 0 Å². The van der Waals surface area contributed by atoms with Gasteiger partial charge in [0.2, 0.25) is 0 Å². The van der Waals surface area contributed by atoms with E-state index in [2.05, 4.69) is 0 Å². The maximum absolute atomic E-state index is 9.96. The number of carbonyl (C=O) groups is 1. The molecule has 0 fully saturated rings. The monoisotopic (exact) mass is 126 g/mol. The molecular weight excluding hydrogens is 116 g/mol. The molecule has 2 atom stereocenters. The molecule has 0 bridgehead atoms. The van der Waals surface area contributed by atoms with Gasteiger partial charge in [-0.05, 0) is 6.42 Å². The Morgan fingerprint density at radius 1 is 1.78 bits per heavy atom. The second-order valence-corrected chi connectivity index (χ2v) is 2.30. The average molecular weight is 126 g/mol. The normalized spacial score (nSPS) is 33.0. The highest BCUT2D eigenvalue weighted by Gasteiger charge is 2.18. The van der Waals surface area contributed by atoms with E-state index >= 15 is 0 Å². The average Bonchev–Trinajstić information content (AvgIpc) is 2.18. The van der Waals surface area contributed by atoms with Crippen molar-refractivity contribution in [1.29, 1.82) is 0 Å². The molecule has 0 aromatic carbocycles. The third-order valence-corrected chi connectivity index (χ3v) is 1.62. The zero-order valence-electron chi connectivity index (χ0n) is 5.16. The van der Waals surface area contributed by atoms with Crippen LogP contribution in [0, 0.1) is 5.92 Å². The molecule has 0 aliphatic heterocycles. The van der Waals surface area contributed by atoms with Crippen molar-refractivity contribution in [2.75, 3.05) is 0 Å². The largest absolute Gasteiger partial charge is 0.392 e. The van der Waals surface area contributed by atoms with E-state index in [-0.39, 0.29) is 12.0 Å².